The van der Waals surface area contributed by atoms with Gasteiger partial charge in [-0.3, -0.25) is 4.79 Å². The molecule has 1 aliphatic rings. The van der Waals surface area contributed by atoms with Gasteiger partial charge < -0.3 is 20.2 Å². The van der Waals surface area contributed by atoms with E-state index in [1.807, 2.05) is 19.1 Å². The van der Waals surface area contributed by atoms with Crippen LogP contribution in [0.4, 0.5) is 5.69 Å². The zero-order valence-corrected chi connectivity index (χ0v) is 11.9. The van der Waals surface area contributed by atoms with Crippen molar-refractivity contribution in [2.45, 2.75) is 32.4 Å². The molecule has 1 aliphatic carbocycles. The second-order valence-corrected chi connectivity index (χ2v) is 5.45. The van der Waals surface area contributed by atoms with E-state index in [-0.39, 0.29) is 23.4 Å². The van der Waals surface area contributed by atoms with Crippen LogP contribution in [0.3, 0.4) is 0 Å². The molecule has 3 rings (SSSR count). The Morgan fingerprint density at radius 1 is 1.38 bits per heavy atom. The highest BCUT2D eigenvalue weighted by molar-refractivity contribution is 5.95. The number of aromatic hydroxyl groups is 1. The smallest absolute Gasteiger partial charge is 0.254 e. The minimum Gasteiger partial charge on any atom is -0.506 e. The highest BCUT2D eigenvalue weighted by Crippen LogP contribution is 2.31. The van der Waals surface area contributed by atoms with Gasteiger partial charge in [-0.15, -0.1) is 0 Å². The van der Waals surface area contributed by atoms with Crippen molar-refractivity contribution in [2.24, 2.45) is 0 Å². The van der Waals surface area contributed by atoms with Crippen molar-refractivity contribution in [3.05, 3.63) is 47.4 Å². The number of carbonyl (C=O) groups excluding carboxylic acids is 1. The predicted octanol–water partition coefficient (Wildman–Crippen LogP) is 2.68. The standard InChI is InChI=1S/C16H18N2O3/c1-10-2-6-13(21-10)9-18(12-4-5-12)16(20)11-3-7-14(17)15(19)8-11/h2-3,6-8,12,19H,4-5,9,17H2,1H3. The van der Waals surface area contributed by atoms with Crippen molar-refractivity contribution in [1.82, 2.24) is 4.90 Å². The molecule has 0 aliphatic heterocycles. The van der Waals surface area contributed by atoms with Crippen molar-refractivity contribution in [2.75, 3.05) is 5.73 Å². The average molecular weight is 286 g/mol. The van der Waals surface area contributed by atoms with E-state index in [0.29, 0.717) is 12.1 Å². The van der Waals surface area contributed by atoms with Gasteiger partial charge in [0.2, 0.25) is 0 Å². The van der Waals surface area contributed by atoms with Crippen molar-refractivity contribution < 1.29 is 14.3 Å². The number of carbonyl (C=O) groups is 1. The monoisotopic (exact) mass is 286 g/mol. The summed E-state index contributed by atoms with van der Waals surface area (Å²) in [5.74, 6) is 1.43. The summed E-state index contributed by atoms with van der Waals surface area (Å²) in [4.78, 5) is 14.4. The fourth-order valence-corrected chi connectivity index (χ4v) is 2.33. The number of amides is 1. The van der Waals surface area contributed by atoms with Crippen LogP contribution in [0.5, 0.6) is 5.75 Å². The van der Waals surface area contributed by atoms with Crippen LogP contribution in [0.2, 0.25) is 0 Å². The van der Waals surface area contributed by atoms with Gasteiger partial charge in [0.15, 0.2) is 0 Å². The van der Waals surface area contributed by atoms with Crippen molar-refractivity contribution in [3.63, 3.8) is 0 Å². The predicted molar refractivity (Wildman–Crippen MR) is 78.9 cm³/mol. The second kappa shape index (κ2) is 5.16. The van der Waals surface area contributed by atoms with E-state index >= 15 is 0 Å². The SMILES string of the molecule is Cc1ccc(CN(C(=O)c2ccc(N)c(O)c2)C2CC2)o1. The Bertz CT molecular complexity index is 674. The molecule has 21 heavy (non-hydrogen) atoms. The molecular weight excluding hydrogens is 268 g/mol. The molecule has 1 fully saturated rings. The Labute approximate surface area is 123 Å². The van der Waals surface area contributed by atoms with E-state index in [2.05, 4.69) is 0 Å². The quantitative estimate of drug-likeness (QED) is 0.669. The third-order valence-electron chi connectivity index (χ3n) is 3.65. The number of phenolic OH excluding ortho intramolecular Hbond substituents is 1. The number of nitrogen functional groups attached to an aromatic ring is 1. The van der Waals surface area contributed by atoms with E-state index in [0.717, 1.165) is 24.4 Å². The Balaban J connectivity index is 1.83. The van der Waals surface area contributed by atoms with E-state index in [1.54, 1.807) is 17.0 Å². The number of aryl methyl sites for hydroxylation is 1. The van der Waals surface area contributed by atoms with Crippen LogP contribution in [-0.2, 0) is 6.54 Å². The first kappa shape index (κ1) is 13.5. The molecule has 2 aromatic rings. The maximum Gasteiger partial charge on any atom is 0.254 e. The van der Waals surface area contributed by atoms with Gasteiger partial charge in [-0.25, -0.2) is 0 Å². The number of benzene rings is 1. The molecule has 1 amide bonds. The molecule has 0 atom stereocenters. The van der Waals surface area contributed by atoms with Crippen LogP contribution in [-0.4, -0.2) is 22.0 Å². The molecule has 110 valence electrons. The third kappa shape index (κ3) is 2.86. The fraction of sp³-hybridized carbons (Fsp3) is 0.312. The fourth-order valence-electron chi connectivity index (χ4n) is 2.33. The molecule has 0 radical (unpaired) electrons. The molecular formula is C16H18N2O3. The number of hydrogen-bond donors (Lipinski definition) is 2. The molecule has 1 aromatic carbocycles. The first-order valence-corrected chi connectivity index (χ1v) is 6.99. The molecule has 5 heteroatoms. The number of nitrogens with two attached hydrogens (primary N) is 1. The highest BCUT2D eigenvalue weighted by Gasteiger charge is 2.33. The van der Waals surface area contributed by atoms with Crippen molar-refractivity contribution in [3.8, 4) is 5.75 Å². The summed E-state index contributed by atoms with van der Waals surface area (Å²) in [6.07, 6.45) is 2.01. The first-order valence-electron chi connectivity index (χ1n) is 6.99. The summed E-state index contributed by atoms with van der Waals surface area (Å²) >= 11 is 0. The maximum absolute atomic E-state index is 12.6. The molecule has 5 nitrogen and oxygen atoms in total. The lowest BCUT2D eigenvalue weighted by molar-refractivity contribution is 0.0716. The van der Waals surface area contributed by atoms with Gasteiger partial charge in [0.1, 0.15) is 17.3 Å². The highest BCUT2D eigenvalue weighted by atomic mass is 16.3. The van der Waals surface area contributed by atoms with Gasteiger partial charge in [0, 0.05) is 11.6 Å². The van der Waals surface area contributed by atoms with Crippen LogP contribution in [0.15, 0.2) is 34.7 Å². The van der Waals surface area contributed by atoms with E-state index in [4.69, 9.17) is 10.2 Å². The van der Waals surface area contributed by atoms with Crippen LogP contribution in [0.1, 0.15) is 34.7 Å². The second-order valence-electron chi connectivity index (χ2n) is 5.45. The van der Waals surface area contributed by atoms with Crippen LogP contribution in [0.25, 0.3) is 0 Å². The van der Waals surface area contributed by atoms with Crippen molar-refractivity contribution in [1.29, 1.82) is 0 Å². The zero-order chi connectivity index (χ0) is 15.0. The minimum atomic E-state index is -0.109. The Hall–Kier alpha value is -2.43. The topological polar surface area (TPSA) is 79.7 Å². The van der Waals surface area contributed by atoms with Gasteiger partial charge >= 0.3 is 0 Å². The maximum atomic E-state index is 12.6. The molecule has 1 heterocycles. The molecule has 1 saturated carbocycles. The molecule has 1 aromatic heterocycles. The molecule has 3 N–H and O–H groups in total. The van der Waals surface area contributed by atoms with E-state index in [9.17, 15) is 9.90 Å². The summed E-state index contributed by atoms with van der Waals surface area (Å²) in [6, 6.07) is 8.63. The largest absolute Gasteiger partial charge is 0.506 e. The lowest BCUT2D eigenvalue weighted by Gasteiger charge is -2.21. The number of phenols is 1. The zero-order valence-electron chi connectivity index (χ0n) is 11.9. The first-order chi connectivity index (χ1) is 10.0. The van der Waals surface area contributed by atoms with Crippen LogP contribution < -0.4 is 5.73 Å². The van der Waals surface area contributed by atoms with Crippen molar-refractivity contribution >= 4 is 11.6 Å². The molecule has 0 unspecified atom stereocenters. The lowest BCUT2D eigenvalue weighted by Crippen LogP contribution is -2.32. The number of nitrogens with zero attached hydrogens (tertiary/aromatic N) is 1. The minimum absolute atomic E-state index is 0.0644. The Morgan fingerprint density at radius 3 is 2.71 bits per heavy atom. The summed E-state index contributed by atoms with van der Waals surface area (Å²) in [6.45, 7) is 2.33. The van der Waals surface area contributed by atoms with Gasteiger partial charge in [0.25, 0.3) is 5.91 Å². The summed E-state index contributed by atoms with van der Waals surface area (Å²) in [5.41, 5.74) is 6.28. The third-order valence-corrected chi connectivity index (χ3v) is 3.65. The Morgan fingerprint density at radius 2 is 2.14 bits per heavy atom. The Kier molecular flexibility index (Phi) is 3.33. The van der Waals surface area contributed by atoms with E-state index in [1.165, 1.54) is 6.07 Å². The summed E-state index contributed by atoms with van der Waals surface area (Å²) in [5, 5.41) is 9.66. The number of hydrogen-bond acceptors (Lipinski definition) is 4. The van der Waals surface area contributed by atoms with Crippen LogP contribution in [0, 0.1) is 6.92 Å². The van der Waals surface area contributed by atoms with Gasteiger partial charge in [0.05, 0.1) is 12.2 Å². The van der Waals surface area contributed by atoms with Crippen LogP contribution >= 0.6 is 0 Å². The molecule has 0 spiro atoms. The summed E-state index contributed by atoms with van der Waals surface area (Å²) in [7, 11) is 0. The molecule has 0 bridgehead atoms. The molecule has 0 saturated heterocycles. The number of anilines is 1. The van der Waals surface area contributed by atoms with Gasteiger partial charge in [-0.05, 0) is 50.1 Å². The lowest BCUT2D eigenvalue weighted by atomic mass is 10.1. The average Bonchev–Trinajstić information content (AvgIpc) is 3.21. The van der Waals surface area contributed by atoms with Gasteiger partial charge in [-0.2, -0.15) is 0 Å². The van der Waals surface area contributed by atoms with E-state index < -0.39 is 0 Å². The summed E-state index contributed by atoms with van der Waals surface area (Å²) < 4.78 is 5.56. The number of furan rings is 1. The van der Waals surface area contributed by atoms with Gasteiger partial charge in [-0.1, -0.05) is 0 Å². The normalized spacial score (nSPS) is 14.1. The number of rotatable bonds is 4.